The Morgan fingerprint density at radius 2 is 1.72 bits per heavy atom. The number of nitrogens with zero attached hydrogens (tertiary/aromatic N) is 4. The lowest BCUT2D eigenvalue weighted by atomic mass is 10.2. The molecule has 7 heteroatoms. The van der Waals surface area contributed by atoms with Crippen molar-refractivity contribution in [3.05, 3.63) is 59.6 Å². The fraction of sp³-hybridized carbons (Fsp3) is 0.273. The van der Waals surface area contributed by atoms with E-state index >= 15 is 0 Å². The van der Waals surface area contributed by atoms with Crippen molar-refractivity contribution in [3.8, 4) is 6.07 Å². The van der Waals surface area contributed by atoms with Gasteiger partial charge in [0.15, 0.2) is 0 Å². The highest BCUT2D eigenvalue weighted by Gasteiger charge is 2.18. The van der Waals surface area contributed by atoms with Gasteiger partial charge in [0.2, 0.25) is 11.8 Å². The van der Waals surface area contributed by atoms with Gasteiger partial charge in [0.05, 0.1) is 29.3 Å². The molecule has 0 aliphatic carbocycles. The monoisotopic (exact) mass is 406 g/mol. The molecular weight excluding hydrogens is 384 g/mol. The number of anilines is 1. The number of rotatable bonds is 8. The van der Waals surface area contributed by atoms with Crippen molar-refractivity contribution in [1.82, 2.24) is 9.88 Å². The lowest BCUT2D eigenvalue weighted by Gasteiger charge is -2.22. The van der Waals surface area contributed by atoms with Gasteiger partial charge in [0.1, 0.15) is 5.01 Å². The number of carbonyl (C=O) groups excluding carboxylic acids is 2. The van der Waals surface area contributed by atoms with Gasteiger partial charge in [-0.1, -0.05) is 30.3 Å². The number of carbonyl (C=O) groups is 2. The van der Waals surface area contributed by atoms with E-state index in [-0.39, 0.29) is 31.1 Å². The molecule has 0 spiro atoms. The summed E-state index contributed by atoms with van der Waals surface area (Å²) < 4.78 is 1.09. The molecule has 6 nitrogen and oxygen atoms in total. The van der Waals surface area contributed by atoms with E-state index in [1.165, 1.54) is 0 Å². The topological polar surface area (TPSA) is 77.3 Å². The van der Waals surface area contributed by atoms with E-state index in [1.807, 2.05) is 54.6 Å². The van der Waals surface area contributed by atoms with Crippen molar-refractivity contribution in [2.45, 2.75) is 25.8 Å². The molecule has 0 fully saturated rings. The Balaban J connectivity index is 1.57. The highest BCUT2D eigenvalue weighted by Crippen LogP contribution is 2.22. The minimum atomic E-state index is -0.159. The summed E-state index contributed by atoms with van der Waals surface area (Å²) in [5.74, 6) is -0.265. The number of amides is 2. The van der Waals surface area contributed by atoms with Crippen LogP contribution in [0.4, 0.5) is 5.69 Å². The van der Waals surface area contributed by atoms with Crippen LogP contribution in [0.25, 0.3) is 10.2 Å². The molecule has 0 aliphatic rings. The Kier molecular flexibility index (Phi) is 6.93. The molecule has 0 atom stereocenters. The summed E-state index contributed by atoms with van der Waals surface area (Å²) in [6.45, 7) is 0.734. The first-order valence-electron chi connectivity index (χ1n) is 9.39. The van der Waals surface area contributed by atoms with Crippen LogP contribution in [-0.2, 0) is 16.1 Å². The van der Waals surface area contributed by atoms with Crippen molar-refractivity contribution < 1.29 is 9.59 Å². The van der Waals surface area contributed by atoms with Crippen LogP contribution in [0.15, 0.2) is 54.6 Å². The number of para-hydroxylation sites is 2. The van der Waals surface area contributed by atoms with Crippen LogP contribution in [0.1, 0.15) is 24.3 Å². The third kappa shape index (κ3) is 5.39. The van der Waals surface area contributed by atoms with Gasteiger partial charge in [-0.05, 0) is 24.3 Å². The Bertz CT molecular complexity index is 993. The zero-order valence-corrected chi connectivity index (χ0v) is 17.1. The molecule has 0 saturated heterocycles. The Morgan fingerprint density at radius 1 is 1.03 bits per heavy atom. The van der Waals surface area contributed by atoms with Gasteiger partial charge in [-0.2, -0.15) is 5.26 Å². The maximum absolute atomic E-state index is 12.7. The van der Waals surface area contributed by atoms with Crippen molar-refractivity contribution >= 4 is 39.1 Å². The number of hydrogen-bond donors (Lipinski definition) is 0. The summed E-state index contributed by atoms with van der Waals surface area (Å²) in [4.78, 5) is 32.9. The van der Waals surface area contributed by atoms with Gasteiger partial charge < -0.3 is 9.80 Å². The van der Waals surface area contributed by atoms with E-state index in [0.717, 1.165) is 20.9 Å². The molecule has 1 aromatic heterocycles. The number of thiazole rings is 1. The summed E-state index contributed by atoms with van der Waals surface area (Å²) in [7, 11) is 1.73. The second kappa shape index (κ2) is 9.80. The second-order valence-electron chi connectivity index (χ2n) is 6.61. The van der Waals surface area contributed by atoms with Gasteiger partial charge >= 0.3 is 0 Å². The second-order valence-corrected chi connectivity index (χ2v) is 7.73. The van der Waals surface area contributed by atoms with Crippen LogP contribution in [0, 0.1) is 11.3 Å². The van der Waals surface area contributed by atoms with Gasteiger partial charge in [0.25, 0.3) is 0 Å². The van der Waals surface area contributed by atoms with Crippen molar-refractivity contribution in [1.29, 1.82) is 5.26 Å². The van der Waals surface area contributed by atoms with Crippen LogP contribution in [0.2, 0.25) is 0 Å². The van der Waals surface area contributed by atoms with Gasteiger partial charge in [-0.3, -0.25) is 9.59 Å². The Labute approximate surface area is 174 Å². The third-order valence-electron chi connectivity index (χ3n) is 4.51. The maximum atomic E-state index is 12.7. The average Bonchev–Trinajstić information content (AvgIpc) is 3.15. The lowest BCUT2D eigenvalue weighted by Crippen LogP contribution is -2.33. The molecule has 0 bridgehead atoms. The first kappa shape index (κ1) is 20.5. The fourth-order valence-corrected chi connectivity index (χ4v) is 4.01. The molecule has 0 saturated carbocycles. The van der Waals surface area contributed by atoms with Gasteiger partial charge in [-0.25, -0.2) is 4.98 Å². The first-order chi connectivity index (χ1) is 14.1. The number of hydrogen-bond acceptors (Lipinski definition) is 5. The van der Waals surface area contributed by atoms with E-state index in [4.69, 9.17) is 5.26 Å². The van der Waals surface area contributed by atoms with Crippen LogP contribution >= 0.6 is 11.3 Å². The van der Waals surface area contributed by atoms with E-state index in [2.05, 4.69) is 11.1 Å². The zero-order chi connectivity index (χ0) is 20.6. The number of benzene rings is 2. The summed E-state index contributed by atoms with van der Waals surface area (Å²) in [6.07, 6.45) is 0.464. The molecule has 0 aliphatic heterocycles. The first-order valence-corrected chi connectivity index (χ1v) is 10.2. The molecule has 0 N–H and O–H groups in total. The molecule has 0 unspecified atom stereocenters. The predicted octanol–water partition coefficient (Wildman–Crippen LogP) is 3.98. The smallest absolute Gasteiger partial charge is 0.227 e. The fourth-order valence-electron chi connectivity index (χ4n) is 2.99. The minimum absolute atomic E-state index is 0.101. The lowest BCUT2D eigenvalue weighted by molar-refractivity contribution is -0.132. The summed E-state index contributed by atoms with van der Waals surface area (Å²) in [5, 5.41) is 9.74. The maximum Gasteiger partial charge on any atom is 0.227 e. The van der Waals surface area contributed by atoms with Crippen molar-refractivity contribution in [3.63, 3.8) is 0 Å². The molecule has 2 amide bonds. The minimum Gasteiger partial charge on any atom is -0.339 e. The summed E-state index contributed by atoms with van der Waals surface area (Å²) >= 11 is 1.57. The van der Waals surface area contributed by atoms with E-state index in [1.54, 1.807) is 28.2 Å². The Hall–Kier alpha value is -3.24. The Morgan fingerprint density at radius 3 is 2.45 bits per heavy atom. The molecular formula is C22H22N4O2S. The molecule has 1 heterocycles. The SMILES string of the molecule is CN(Cc1nc2ccccc2s1)C(=O)CCC(=O)N(CCC#N)c1ccccc1. The third-order valence-corrected chi connectivity index (χ3v) is 5.53. The van der Waals surface area contributed by atoms with Crippen molar-refractivity contribution in [2.75, 3.05) is 18.5 Å². The quantitative estimate of drug-likeness (QED) is 0.567. The van der Waals surface area contributed by atoms with Crippen LogP contribution < -0.4 is 4.90 Å². The largest absolute Gasteiger partial charge is 0.339 e. The normalized spacial score (nSPS) is 10.5. The number of fused-ring (bicyclic) bond motifs is 1. The molecule has 29 heavy (non-hydrogen) atoms. The van der Waals surface area contributed by atoms with E-state index in [9.17, 15) is 9.59 Å². The highest BCUT2D eigenvalue weighted by molar-refractivity contribution is 7.18. The predicted molar refractivity (Wildman–Crippen MR) is 114 cm³/mol. The standard InChI is InChI=1S/C22H22N4O2S/c1-25(16-20-24-18-10-5-6-11-19(18)29-20)21(27)12-13-22(28)26(15-7-14-23)17-8-3-2-4-9-17/h2-6,8-11H,7,12-13,15-16H2,1H3. The van der Waals surface area contributed by atoms with E-state index < -0.39 is 0 Å². The summed E-state index contributed by atoms with van der Waals surface area (Å²) in [6, 6.07) is 19.2. The number of aromatic nitrogens is 1. The average molecular weight is 407 g/mol. The van der Waals surface area contributed by atoms with Gasteiger partial charge in [0, 0.05) is 32.1 Å². The summed E-state index contributed by atoms with van der Waals surface area (Å²) in [5.41, 5.74) is 1.67. The van der Waals surface area contributed by atoms with Crippen molar-refractivity contribution in [2.24, 2.45) is 0 Å². The molecule has 148 valence electrons. The van der Waals surface area contributed by atoms with Crippen LogP contribution in [-0.4, -0.2) is 35.3 Å². The molecule has 2 aromatic carbocycles. The van der Waals surface area contributed by atoms with Gasteiger partial charge in [-0.15, -0.1) is 11.3 Å². The van der Waals surface area contributed by atoms with E-state index in [0.29, 0.717) is 13.1 Å². The highest BCUT2D eigenvalue weighted by atomic mass is 32.1. The molecule has 3 aromatic rings. The molecule has 3 rings (SSSR count). The zero-order valence-electron chi connectivity index (χ0n) is 16.2. The molecule has 0 radical (unpaired) electrons. The number of nitriles is 1. The van der Waals surface area contributed by atoms with Crippen LogP contribution in [0.3, 0.4) is 0 Å². The van der Waals surface area contributed by atoms with Crippen LogP contribution in [0.5, 0.6) is 0 Å².